The molecule has 8 nitrogen and oxygen atoms in total. The lowest BCUT2D eigenvalue weighted by atomic mass is 10.00. The van der Waals surface area contributed by atoms with Gasteiger partial charge in [0.05, 0.1) is 11.3 Å². The third-order valence-electron chi connectivity index (χ3n) is 6.25. The van der Waals surface area contributed by atoms with Crippen molar-refractivity contribution in [3.05, 3.63) is 131 Å². The van der Waals surface area contributed by atoms with Crippen molar-refractivity contribution in [3.63, 3.8) is 0 Å². The van der Waals surface area contributed by atoms with Crippen LogP contribution in [0.5, 0.6) is 0 Å². The molecule has 9 heteroatoms. The van der Waals surface area contributed by atoms with Gasteiger partial charge in [-0.2, -0.15) is 0 Å². The molecular formula is C31H26N2O6S. The zero-order chi connectivity index (χ0) is 27.9. The smallest absolute Gasteiger partial charge is 0.448 e. The number of hydrogen-bond acceptors (Lipinski definition) is 8. The molecule has 3 aromatic rings. The highest BCUT2D eigenvalue weighted by atomic mass is 32.2. The first-order valence-corrected chi connectivity index (χ1v) is 13.6. The van der Waals surface area contributed by atoms with Gasteiger partial charge in [0.25, 0.3) is 5.91 Å². The fraction of sp³-hybridized carbons (Fsp3) is 0.161. The highest BCUT2D eigenvalue weighted by Crippen LogP contribution is 2.45. The molecule has 0 spiro atoms. The van der Waals surface area contributed by atoms with Crippen LogP contribution in [0.4, 0.5) is 4.79 Å². The van der Waals surface area contributed by atoms with Gasteiger partial charge >= 0.3 is 12.1 Å². The van der Waals surface area contributed by atoms with E-state index >= 15 is 0 Å². The molecule has 2 aliphatic rings. The molecule has 0 N–H and O–H groups in total. The molecular weight excluding hydrogens is 528 g/mol. The Balaban J connectivity index is 1.46. The summed E-state index contributed by atoms with van der Waals surface area (Å²) in [5, 5.41) is -0.402. The van der Waals surface area contributed by atoms with E-state index in [4.69, 9.17) is 14.2 Å². The number of ether oxygens (including phenoxy) is 3. The normalized spacial score (nSPS) is 17.2. The summed E-state index contributed by atoms with van der Waals surface area (Å²) in [4.78, 5) is 45.0. The summed E-state index contributed by atoms with van der Waals surface area (Å²) in [6.45, 7) is 3.27. The van der Waals surface area contributed by atoms with Crippen LogP contribution in [0.2, 0.25) is 0 Å². The van der Waals surface area contributed by atoms with E-state index < -0.39 is 23.6 Å². The van der Waals surface area contributed by atoms with Crippen molar-refractivity contribution in [3.8, 4) is 0 Å². The van der Waals surface area contributed by atoms with Gasteiger partial charge in [0.15, 0.2) is 6.10 Å². The Hall–Kier alpha value is -4.63. The molecule has 2 aliphatic heterocycles. The molecule has 1 amide bonds. The highest BCUT2D eigenvalue weighted by Gasteiger charge is 2.50. The van der Waals surface area contributed by atoms with Crippen molar-refractivity contribution in [2.45, 2.75) is 11.5 Å². The van der Waals surface area contributed by atoms with Gasteiger partial charge < -0.3 is 14.2 Å². The summed E-state index contributed by atoms with van der Waals surface area (Å²) >= 11 is 1.45. The van der Waals surface area contributed by atoms with Crippen molar-refractivity contribution in [1.82, 2.24) is 9.88 Å². The second-order valence-corrected chi connectivity index (χ2v) is 9.96. The fourth-order valence-electron chi connectivity index (χ4n) is 4.39. The van der Waals surface area contributed by atoms with Gasteiger partial charge in [0, 0.05) is 17.5 Å². The first-order valence-electron chi connectivity index (χ1n) is 12.6. The maximum Gasteiger partial charge on any atom is 0.508 e. The average molecular weight is 555 g/mol. The Labute approximate surface area is 236 Å². The second-order valence-electron chi connectivity index (χ2n) is 8.89. The van der Waals surface area contributed by atoms with Crippen molar-refractivity contribution >= 4 is 35.9 Å². The average Bonchev–Trinajstić information content (AvgIpc) is 3.01. The van der Waals surface area contributed by atoms with E-state index in [1.165, 1.54) is 22.7 Å². The molecule has 202 valence electrons. The summed E-state index contributed by atoms with van der Waals surface area (Å²) in [5.41, 5.74) is 3.25. The molecule has 0 radical (unpaired) electrons. The number of fused-ring (bicyclic) bond motifs is 1. The van der Waals surface area contributed by atoms with Gasteiger partial charge in [0.1, 0.15) is 24.3 Å². The Morgan fingerprint density at radius 3 is 2.30 bits per heavy atom. The van der Waals surface area contributed by atoms with E-state index in [0.29, 0.717) is 22.6 Å². The topological polar surface area (TPSA) is 95.0 Å². The molecule has 1 aromatic heterocycles. The number of nitrogens with zero attached hydrogens (tertiary/aromatic N) is 2. The first kappa shape index (κ1) is 27.0. The minimum absolute atomic E-state index is 0.00821. The highest BCUT2D eigenvalue weighted by molar-refractivity contribution is 8.00. The number of esters is 1. The lowest BCUT2D eigenvalue weighted by Gasteiger charge is -2.46. The summed E-state index contributed by atoms with van der Waals surface area (Å²) in [6, 6.07) is 24.2. The Kier molecular flexibility index (Phi) is 8.41. The van der Waals surface area contributed by atoms with Crippen molar-refractivity contribution < 1.29 is 28.6 Å². The van der Waals surface area contributed by atoms with Crippen LogP contribution in [0.3, 0.4) is 0 Å². The van der Waals surface area contributed by atoms with E-state index in [9.17, 15) is 14.4 Å². The predicted octanol–water partition coefficient (Wildman–Crippen LogP) is 5.31. The third kappa shape index (κ3) is 5.84. The van der Waals surface area contributed by atoms with Crippen LogP contribution in [0.15, 0.2) is 115 Å². The van der Waals surface area contributed by atoms with Gasteiger partial charge in [0.2, 0.25) is 0 Å². The van der Waals surface area contributed by atoms with Gasteiger partial charge in [-0.25, -0.2) is 9.59 Å². The number of β-lactam (4-membered cyclic amide) rings is 1. The molecule has 2 aromatic carbocycles. The number of pyridine rings is 1. The SMILES string of the molecule is C=CCOC(=O)OCC1=C(C(=O)OC(c2ccccc2)c2ccccc2)N2C(=O)/C(=C/c3ccccn3)[C@H]2SC1. The summed E-state index contributed by atoms with van der Waals surface area (Å²) in [7, 11) is 0. The zero-order valence-electron chi connectivity index (χ0n) is 21.5. The lowest BCUT2D eigenvalue weighted by molar-refractivity contribution is -0.149. The number of aromatic nitrogens is 1. The molecule has 1 saturated heterocycles. The number of amides is 1. The van der Waals surface area contributed by atoms with E-state index in [1.54, 1.807) is 24.4 Å². The quantitative estimate of drug-likeness (QED) is 0.152. The van der Waals surface area contributed by atoms with Crippen LogP contribution in [-0.2, 0) is 23.8 Å². The summed E-state index contributed by atoms with van der Waals surface area (Å²) in [6.07, 6.45) is 3.19. The number of rotatable bonds is 9. The van der Waals surface area contributed by atoms with Crippen LogP contribution < -0.4 is 0 Å². The molecule has 1 fully saturated rings. The molecule has 3 heterocycles. The van der Waals surface area contributed by atoms with Gasteiger partial charge in [-0.15, -0.1) is 11.8 Å². The summed E-state index contributed by atoms with van der Waals surface area (Å²) in [5.74, 6) is -0.682. The van der Waals surface area contributed by atoms with Gasteiger partial charge in [-0.1, -0.05) is 79.4 Å². The zero-order valence-corrected chi connectivity index (χ0v) is 22.3. The minimum Gasteiger partial charge on any atom is -0.448 e. The number of benzene rings is 2. The molecule has 0 bridgehead atoms. The minimum atomic E-state index is -0.899. The second kappa shape index (κ2) is 12.5. The lowest BCUT2D eigenvalue weighted by Crippen LogP contribution is -2.56. The van der Waals surface area contributed by atoms with Crippen LogP contribution in [-0.4, -0.2) is 52.3 Å². The number of hydrogen-bond donors (Lipinski definition) is 0. The number of carbonyl (C=O) groups excluding carboxylic acids is 3. The first-order chi connectivity index (χ1) is 19.6. The molecule has 1 atom stereocenters. The van der Waals surface area contributed by atoms with E-state index in [0.717, 1.165) is 11.1 Å². The van der Waals surface area contributed by atoms with Crippen molar-refractivity contribution in [1.29, 1.82) is 0 Å². The maximum absolute atomic E-state index is 13.9. The Morgan fingerprint density at radius 1 is 1.00 bits per heavy atom. The molecule has 40 heavy (non-hydrogen) atoms. The third-order valence-corrected chi connectivity index (χ3v) is 7.55. The van der Waals surface area contributed by atoms with Crippen molar-refractivity contribution in [2.24, 2.45) is 0 Å². The fourth-order valence-corrected chi connectivity index (χ4v) is 5.67. The van der Waals surface area contributed by atoms with Crippen LogP contribution in [0.25, 0.3) is 6.08 Å². The Morgan fingerprint density at radius 2 is 1.68 bits per heavy atom. The van der Waals surface area contributed by atoms with Gasteiger partial charge in [-0.3, -0.25) is 14.7 Å². The molecule has 0 aliphatic carbocycles. The molecule has 0 saturated carbocycles. The largest absolute Gasteiger partial charge is 0.508 e. The monoisotopic (exact) mass is 554 g/mol. The van der Waals surface area contributed by atoms with E-state index in [2.05, 4.69) is 11.6 Å². The Bertz CT molecular complexity index is 1420. The number of carbonyl (C=O) groups is 3. The number of thioether (sulfide) groups is 1. The molecule has 0 unspecified atom stereocenters. The van der Waals surface area contributed by atoms with E-state index in [1.807, 2.05) is 66.7 Å². The van der Waals surface area contributed by atoms with Crippen LogP contribution >= 0.6 is 11.8 Å². The van der Waals surface area contributed by atoms with Crippen molar-refractivity contribution in [2.75, 3.05) is 19.0 Å². The van der Waals surface area contributed by atoms with Crippen LogP contribution in [0, 0.1) is 0 Å². The van der Waals surface area contributed by atoms with Crippen LogP contribution in [0.1, 0.15) is 22.9 Å². The van der Waals surface area contributed by atoms with Gasteiger partial charge in [-0.05, 0) is 29.3 Å². The van der Waals surface area contributed by atoms with E-state index in [-0.39, 0.29) is 24.8 Å². The molecule has 5 rings (SSSR count). The standard InChI is InChI=1S/C31H26N2O6S/c1-2-17-37-31(36)38-19-23-20-40-29-25(18-24-15-9-10-16-32-24)28(34)33(29)26(23)30(35)39-27(21-11-5-3-6-12-21)22-13-7-4-8-14-22/h2-16,18,27,29H,1,17,19-20H2/b25-18-/t29-/m1/s1. The predicted molar refractivity (Wildman–Crippen MR) is 151 cm³/mol. The summed E-state index contributed by atoms with van der Waals surface area (Å²) < 4.78 is 16.3. The maximum atomic E-state index is 13.9.